The van der Waals surface area contributed by atoms with E-state index >= 15 is 0 Å². The van der Waals surface area contributed by atoms with Gasteiger partial charge in [0.05, 0.1) is 9.82 Å². The fourth-order valence-corrected chi connectivity index (χ4v) is 2.28. The van der Waals surface area contributed by atoms with Gasteiger partial charge in [0.2, 0.25) is 15.8 Å². The van der Waals surface area contributed by atoms with E-state index in [2.05, 4.69) is 10.3 Å². The highest BCUT2D eigenvalue weighted by Gasteiger charge is 2.14. The van der Waals surface area contributed by atoms with Crippen LogP contribution in [0.15, 0.2) is 47.5 Å². The van der Waals surface area contributed by atoms with Crippen LogP contribution in [0.2, 0.25) is 0 Å². The number of nitrogens with zero attached hydrogens (tertiary/aromatic N) is 2. The van der Waals surface area contributed by atoms with Crippen LogP contribution in [-0.4, -0.2) is 18.3 Å². The van der Waals surface area contributed by atoms with E-state index in [-0.39, 0.29) is 22.9 Å². The lowest BCUT2D eigenvalue weighted by atomic mass is 10.2. The van der Waals surface area contributed by atoms with Gasteiger partial charge in [-0.2, -0.15) is 0 Å². The Morgan fingerprint density at radius 2 is 2.05 bits per heavy atom. The van der Waals surface area contributed by atoms with Gasteiger partial charge in [0.15, 0.2) is 0 Å². The topological polar surface area (TPSA) is 128 Å². The number of nitro groups is 1. The van der Waals surface area contributed by atoms with Gasteiger partial charge in [0.1, 0.15) is 0 Å². The molecule has 0 saturated carbocycles. The highest BCUT2D eigenvalue weighted by molar-refractivity contribution is 7.89. The summed E-state index contributed by atoms with van der Waals surface area (Å²) < 4.78 is 22.5. The molecule has 9 heteroatoms. The maximum Gasteiger partial charge on any atom is 0.311 e. The molecule has 1 heterocycles. The number of primary sulfonamides is 1. The molecule has 0 radical (unpaired) electrons. The summed E-state index contributed by atoms with van der Waals surface area (Å²) in [6.45, 7) is 0.182. The molecule has 110 valence electrons. The zero-order valence-electron chi connectivity index (χ0n) is 10.8. The molecule has 3 N–H and O–H groups in total. The fraction of sp³-hybridized carbons (Fsp3) is 0.0833. The van der Waals surface area contributed by atoms with Crippen molar-refractivity contribution in [2.75, 3.05) is 5.32 Å². The summed E-state index contributed by atoms with van der Waals surface area (Å²) in [5.41, 5.74) is 0.460. The predicted molar refractivity (Wildman–Crippen MR) is 76.0 cm³/mol. The Labute approximate surface area is 120 Å². The van der Waals surface area contributed by atoms with E-state index in [0.717, 1.165) is 0 Å². The van der Waals surface area contributed by atoms with E-state index in [0.29, 0.717) is 5.56 Å². The van der Waals surface area contributed by atoms with E-state index in [4.69, 9.17) is 5.14 Å². The van der Waals surface area contributed by atoms with Gasteiger partial charge in [-0.3, -0.25) is 10.1 Å². The molecule has 1 aromatic heterocycles. The van der Waals surface area contributed by atoms with Gasteiger partial charge in [0.25, 0.3) is 0 Å². The normalized spacial score (nSPS) is 11.1. The van der Waals surface area contributed by atoms with Crippen molar-refractivity contribution < 1.29 is 13.3 Å². The van der Waals surface area contributed by atoms with Gasteiger partial charge in [-0.25, -0.2) is 18.5 Å². The molecule has 0 atom stereocenters. The molecular weight excluding hydrogens is 296 g/mol. The summed E-state index contributed by atoms with van der Waals surface area (Å²) in [5.74, 6) is 0.114. The first-order valence-corrected chi connectivity index (χ1v) is 7.37. The number of nitrogens with one attached hydrogen (secondary N) is 1. The Morgan fingerprint density at radius 3 is 2.71 bits per heavy atom. The maximum atomic E-state index is 11.3. The van der Waals surface area contributed by atoms with Gasteiger partial charge in [-0.15, -0.1) is 0 Å². The highest BCUT2D eigenvalue weighted by atomic mass is 32.2. The van der Waals surface area contributed by atoms with Gasteiger partial charge >= 0.3 is 5.69 Å². The van der Waals surface area contributed by atoms with Gasteiger partial charge in [0, 0.05) is 18.8 Å². The van der Waals surface area contributed by atoms with E-state index in [9.17, 15) is 18.5 Å². The SMILES string of the molecule is NS(=O)(=O)c1cccc(CNc2ncccc2[N+](=O)[O-])c1. The number of nitrogens with two attached hydrogens (primary N) is 1. The predicted octanol–water partition coefficient (Wildman–Crippen LogP) is 1.25. The number of pyridine rings is 1. The third kappa shape index (κ3) is 3.74. The van der Waals surface area contributed by atoms with Crippen LogP contribution >= 0.6 is 0 Å². The lowest BCUT2D eigenvalue weighted by molar-refractivity contribution is -0.384. The average molecular weight is 308 g/mol. The van der Waals surface area contributed by atoms with Crippen molar-refractivity contribution in [1.82, 2.24) is 4.98 Å². The van der Waals surface area contributed by atoms with Crippen LogP contribution < -0.4 is 10.5 Å². The van der Waals surface area contributed by atoms with Crippen molar-refractivity contribution in [3.63, 3.8) is 0 Å². The zero-order valence-corrected chi connectivity index (χ0v) is 11.6. The second-order valence-electron chi connectivity index (χ2n) is 4.17. The van der Waals surface area contributed by atoms with E-state index < -0.39 is 14.9 Å². The van der Waals surface area contributed by atoms with E-state index in [1.165, 1.54) is 30.5 Å². The molecule has 2 aromatic rings. The number of benzene rings is 1. The highest BCUT2D eigenvalue weighted by Crippen LogP contribution is 2.21. The van der Waals surface area contributed by atoms with Crippen LogP contribution in [0, 0.1) is 10.1 Å². The number of hydrogen-bond donors (Lipinski definition) is 2. The smallest absolute Gasteiger partial charge is 0.311 e. The van der Waals surface area contributed by atoms with Gasteiger partial charge in [-0.1, -0.05) is 12.1 Å². The Balaban J connectivity index is 2.20. The second-order valence-corrected chi connectivity index (χ2v) is 5.74. The summed E-state index contributed by atoms with van der Waals surface area (Å²) >= 11 is 0. The van der Waals surface area contributed by atoms with Crippen molar-refractivity contribution in [1.29, 1.82) is 0 Å². The third-order valence-electron chi connectivity index (χ3n) is 2.67. The molecule has 8 nitrogen and oxygen atoms in total. The van der Waals surface area contributed by atoms with Gasteiger partial charge in [-0.05, 0) is 23.8 Å². The Morgan fingerprint density at radius 1 is 1.29 bits per heavy atom. The largest absolute Gasteiger partial charge is 0.360 e. The minimum atomic E-state index is -3.78. The third-order valence-corrected chi connectivity index (χ3v) is 3.58. The van der Waals surface area contributed by atoms with Crippen LogP contribution in [0.4, 0.5) is 11.5 Å². The molecule has 0 bridgehead atoms. The lowest BCUT2D eigenvalue weighted by Crippen LogP contribution is -2.12. The molecule has 0 aliphatic rings. The first-order valence-electron chi connectivity index (χ1n) is 5.83. The monoisotopic (exact) mass is 308 g/mol. The summed E-state index contributed by atoms with van der Waals surface area (Å²) in [6.07, 6.45) is 1.43. The Bertz CT molecular complexity index is 776. The van der Waals surface area contributed by atoms with Crippen LogP contribution in [0.1, 0.15) is 5.56 Å². The van der Waals surface area contributed by atoms with Crippen LogP contribution in [0.3, 0.4) is 0 Å². The number of aromatic nitrogens is 1. The molecular formula is C12H12N4O4S. The summed E-state index contributed by atoms with van der Waals surface area (Å²) in [7, 11) is -3.78. The first kappa shape index (κ1) is 14.9. The first-order chi connectivity index (χ1) is 9.88. The average Bonchev–Trinajstić information content (AvgIpc) is 2.45. The number of anilines is 1. The molecule has 2 rings (SSSR count). The molecule has 0 saturated heterocycles. The Hall–Kier alpha value is -2.52. The maximum absolute atomic E-state index is 11.3. The van der Waals surface area contributed by atoms with Crippen molar-refractivity contribution >= 4 is 21.5 Å². The van der Waals surface area contributed by atoms with Crippen molar-refractivity contribution in [3.8, 4) is 0 Å². The number of hydrogen-bond acceptors (Lipinski definition) is 6. The molecule has 0 aliphatic heterocycles. The second kappa shape index (κ2) is 5.85. The number of sulfonamides is 1. The summed E-state index contributed by atoms with van der Waals surface area (Å²) in [5, 5.41) is 18.7. The van der Waals surface area contributed by atoms with Crippen molar-refractivity contribution in [3.05, 3.63) is 58.3 Å². The van der Waals surface area contributed by atoms with Crippen LogP contribution in [0.5, 0.6) is 0 Å². The lowest BCUT2D eigenvalue weighted by Gasteiger charge is -2.07. The van der Waals surface area contributed by atoms with Crippen LogP contribution in [-0.2, 0) is 16.6 Å². The van der Waals surface area contributed by atoms with Crippen LogP contribution in [0.25, 0.3) is 0 Å². The Kier molecular flexibility index (Phi) is 4.15. The molecule has 0 amide bonds. The zero-order chi connectivity index (χ0) is 15.5. The number of rotatable bonds is 5. The molecule has 0 aliphatic carbocycles. The molecule has 0 unspecified atom stereocenters. The van der Waals surface area contributed by atoms with Gasteiger partial charge < -0.3 is 5.32 Å². The van der Waals surface area contributed by atoms with E-state index in [1.54, 1.807) is 12.1 Å². The standard InChI is InChI=1S/C12H12N4O4S/c13-21(19,20)10-4-1-3-9(7-10)8-15-12-11(16(17)18)5-2-6-14-12/h1-7H,8H2,(H,14,15)(H2,13,19,20). The minimum Gasteiger partial charge on any atom is -0.360 e. The minimum absolute atomic E-state index is 0.0164. The summed E-state index contributed by atoms with van der Waals surface area (Å²) in [6, 6.07) is 8.79. The van der Waals surface area contributed by atoms with Crippen molar-refractivity contribution in [2.24, 2.45) is 5.14 Å². The quantitative estimate of drug-likeness (QED) is 0.632. The van der Waals surface area contributed by atoms with E-state index in [1.807, 2.05) is 0 Å². The molecule has 0 fully saturated rings. The summed E-state index contributed by atoms with van der Waals surface area (Å²) in [4.78, 5) is 14.2. The molecule has 0 spiro atoms. The van der Waals surface area contributed by atoms with Crippen molar-refractivity contribution in [2.45, 2.75) is 11.4 Å². The molecule has 1 aromatic carbocycles. The molecule has 21 heavy (non-hydrogen) atoms. The fourth-order valence-electron chi connectivity index (χ4n) is 1.70.